The van der Waals surface area contributed by atoms with Crippen LogP contribution >= 0.6 is 11.8 Å². The summed E-state index contributed by atoms with van der Waals surface area (Å²) < 4.78 is 15.2. The van der Waals surface area contributed by atoms with E-state index in [9.17, 15) is 9.59 Å². The van der Waals surface area contributed by atoms with Gasteiger partial charge in [-0.15, -0.1) is 0 Å². The van der Waals surface area contributed by atoms with Gasteiger partial charge >= 0.3 is 175 Å². The molecule has 28 heavy (non-hydrogen) atoms. The molecule has 3 atom stereocenters. The van der Waals surface area contributed by atoms with Gasteiger partial charge in [-0.1, -0.05) is 0 Å². The van der Waals surface area contributed by atoms with Crippen LogP contribution in [0.2, 0.25) is 0 Å². The molecule has 1 N–H and O–H groups in total. The molecule has 4 aliphatic heterocycles. The van der Waals surface area contributed by atoms with E-state index in [4.69, 9.17) is 9.47 Å². The Balaban J connectivity index is 1.29. The molecule has 2 aromatic rings. The predicted octanol–water partition coefficient (Wildman–Crippen LogP) is 2.54. The number of carbonyl (C=O) groups is 2. The molecule has 0 saturated carbocycles. The van der Waals surface area contributed by atoms with E-state index >= 15 is 0 Å². The second-order valence-electron chi connectivity index (χ2n) is 7.59. The molecular weight excluding hydrogens is 477 g/mol. The van der Waals surface area contributed by atoms with Crippen molar-refractivity contribution in [2.24, 2.45) is 0 Å². The van der Waals surface area contributed by atoms with Crippen LogP contribution in [0, 0.1) is 0 Å². The van der Waals surface area contributed by atoms with Crippen LogP contribution in [0.15, 0.2) is 45.8 Å². The second kappa shape index (κ2) is 6.32. The minimum atomic E-state index is -2.47. The number of imide groups is 1. The number of nitrogens with one attached hydrogen (secondary N) is 1. The molecule has 0 radical (unpaired) electrons. The maximum atomic E-state index is 12.4. The Morgan fingerprint density at radius 1 is 1.11 bits per heavy atom. The number of rotatable bonds is 3. The van der Waals surface area contributed by atoms with Gasteiger partial charge in [-0.2, -0.15) is 0 Å². The Kier molecular flexibility index (Phi) is 3.85. The van der Waals surface area contributed by atoms with Crippen molar-refractivity contribution >= 4 is 53.7 Å². The third-order valence-corrected chi connectivity index (χ3v) is 18.9. The van der Waals surface area contributed by atoms with Crippen LogP contribution in [0.25, 0.3) is 6.08 Å². The van der Waals surface area contributed by atoms with Gasteiger partial charge in [0.25, 0.3) is 0 Å². The number of hydrogen-bond donors (Lipinski definition) is 1. The van der Waals surface area contributed by atoms with Crippen LogP contribution in [0.3, 0.4) is 0 Å². The van der Waals surface area contributed by atoms with Gasteiger partial charge < -0.3 is 0 Å². The van der Waals surface area contributed by atoms with E-state index in [0.717, 1.165) is 17.9 Å². The third kappa shape index (κ3) is 2.48. The summed E-state index contributed by atoms with van der Waals surface area (Å²) in [7, 11) is 0. The van der Waals surface area contributed by atoms with Crippen molar-refractivity contribution in [1.82, 2.24) is 5.32 Å². The third-order valence-electron chi connectivity index (χ3n) is 6.03. The van der Waals surface area contributed by atoms with Gasteiger partial charge in [0.1, 0.15) is 0 Å². The summed E-state index contributed by atoms with van der Waals surface area (Å²) in [5.74, 6) is 1.47. The van der Waals surface area contributed by atoms with Crippen molar-refractivity contribution in [3.63, 3.8) is 0 Å². The van der Waals surface area contributed by atoms with Crippen LogP contribution < -0.4 is 18.1 Å². The zero-order valence-electron chi connectivity index (χ0n) is 14.9. The summed E-state index contributed by atoms with van der Waals surface area (Å²) in [4.78, 5) is 24.2. The molecule has 3 unspecified atom stereocenters. The summed E-state index contributed by atoms with van der Waals surface area (Å²) in [6.07, 6.45) is 3.17. The molecule has 0 aliphatic carbocycles. The van der Waals surface area contributed by atoms with Gasteiger partial charge in [-0.25, -0.2) is 0 Å². The molecule has 6 rings (SSSR count). The Hall–Kier alpha value is -1.86. The predicted molar refractivity (Wildman–Crippen MR) is 108 cm³/mol. The molecule has 0 aromatic heterocycles. The van der Waals surface area contributed by atoms with E-state index in [0.29, 0.717) is 6.61 Å². The molecule has 4 aliphatic rings. The first kappa shape index (κ1) is 17.0. The van der Waals surface area contributed by atoms with Gasteiger partial charge in [-0.3, -0.25) is 0 Å². The first-order valence-corrected chi connectivity index (χ1v) is 15.5. The number of carbonyl (C=O) groups excluding carboxylic acids is 2. The van der Waals surface area contributed by atoms with E-state index in [1.807, 2.05) is 24.3 Å². The Morgan fingerprint density at radius 2 is 1.96 bits per heavy atom. The molecule has 2 aromatic carbocycles. The number of thioether (sulfide) groups is 1. The van der Waals surface area contributed by atoms with E-state index in [2.05, 4.69) is 29.6 Å². The molecule has 1 fully saturated rings. The molecule has 7 heteroatoms. The molecule has 2 amide bonds. The summed E-state index contributed by atoms with van der Waals surface area (Å²) in [5.41, 5.74) is 2.59. The zero-order valence-corrected chi connectivity index (χ0v) is 19.0. The number of benzene rings is 2. The van der Waals surface area contributed by atoms with Crippen LogP contribution in [-0.4, -0.2) is 50.5 Å². The van der Waals surface area contributed by atoms with Crippen LogP contribution in [0.4, 0.5) is 4.79 Å². The van der Waals surface area contributed by atoms with Crippen molar-refractivity contribution in [3.8, 4) is 11.5 Å². The van der Waals surface area contributed by atoms with E-state index in [1.54, 1.807) is 0 Å². The van der Waals surface area contributed by atoms with E-state index in [1.165, 1.54) is 29.5 Å². The second-order valence-corrected chi connectivity index (χ2v) is 17.4. The monoisotopic (exact) mass is 493 g/mol. The number of fused-ring (bicyclic) bond motifs is 1. The molecule has 138 valence electrons. The van der Waals surface area contributed by atoms with Crippen molar-refractivity contribution in [2.45, 2.75) is 21.4 Å². The fraction of sp³-hybridized carbons (Fsp3) is 0.238. The standard InChI is InChI=1S/C21H16NO4S.In/c23-20-19(27-21(24)22-20)12-15-7-2-1-6-14(15)8-5-9-16-13-25-17-10-3-4-11-18(17)26-16;/h1-4,7-8,10-12,16,19H,9,13H2,(H,22,23,24);. The molecule has 4 bridgehead atoms. The van der Waals surface area contributed by atoms with Crippen LogP contribution in [-0.2, 0) is 4.79 Å². The number of ether oxygens (including phenoxy) is 2. The van der Waals surface area contributed by atoms with Gasteiger partial charge in [-0.05, 0) is 0 Å². The van der Waals surface area contributed by atoms with E-state index in [-0.39, 0.29) is 26.2 Å². The molecule has 5 nitrogen and oxygen atoms in total. The normalized spacial score (nSPS) is 26.5. The van der Waals surface area contributed by atoms with Crippen LogP contribution in [0.5, 0.6) is 11.5 Å². The first-order chi connectivity index (χ1) is 13.7. The van der Waals surface area contributed by atoms with Crippen molar-refractivity contribution < 1.29 is 19.1 Å². The van der Waals surface area contributed by atoms with Gasteiger partial charge in [0.2, 0.25) is 0 Å². The Morgan fingerprint density at radius 3 is 2.75 bits per heavy atom. The van der Waals surface area contributed by atoms with Crippen molar-refractivity contribution in [1.29, 1.82) is 0 Å². The van der Waals surface area contributed by atoms with Crippen LogP contribution in [0.1, 0.15) is 21.2 Å². The average molecular weight is 493 g/mol. The average Bonchev–Trinajstić information content (AvgIpc) is 3.26. The molecule has 1 saturated heterocycles. The minimum absolute atomic E-state index is 0.0106. The number of amides is 2. The fourth-order valence-electron chi connectivity index (χ4n) is 4.97. The summed E-state index contributed by atoms with van der Waals surface area (Å²) in [6.45, 7) is 0.540. The Labute approximate surface area is 174 Å². The zero-order chi connectivity index (χ0) is 18.8. The number of para-hydroxylation sites is 2. The Bertz CT molecular complexity index is 1070. The van der Waals surface area contributed by atoms with Gasteiger partial charge in [0.05, 0.1) is 0 Å². The summed E-state index contributed by atoms with van der Waals surface area (Å²) in [5, 5.41) is 1.99. The quantitative estimate of drug-likeness (QED) is 0.713. The maximum absolute atomic E-state index is 12.4. The summed E-state index contributed by atoms with van der Waals surface area (Å²) >= 11 is -1.29. The summed E-state index contributed by atoms with van der Waals surface area (Å²) in [6, 6.07) is 14.2. The van der Waals surface area contributed by atoms with Crippen molar-refractivity contribution in [3.05, 3.63) is 56.9 Å². The fourth-order valence-corrected chi connectivity index (χ4v) is 19.5. The van der Waals surface area contributed by atoms with Gasteiger partial charge in [0.15, 0.2) is 0 Å². The molecular formula is C21H16InNO4S. The molecule has 0 spiro atoms. The topological polar surface area (TPSA) is 64.6 Å². The first-order valence-electron chi connectivity index (χ1n) is 9.42. The SMILES string of the molecule is O=C1NC(=O)C([CH]2c3ccc[c]4c3C=[C](CC3COc5ccccc5O3)[In]42)S1. The molecule has 4 heterocycles. The van der Waals surface area contributed by atoms with E-state index < -0.39 is 21.4 Å². The van der Waals surface area contributed by atoms with Crippen molar-refractivity contribution in [2.75, 3.05) is 6.61 Å². The number of hydrogen-bond acceptors (Lipinski definition) is 5. The van der Waals surface area contributed by atoms with Gasteiger partial charge in [0, 0.05) is 0 Å².